The van der Waals surface area contributed by atoms with Crippen molar-refractivity contribution in [1.29, 1.82) is 0 Å². The fourth-order valence-electron chi connectivity index (χ4n) is 2.59. The average molecular weight is 341 g/mol. The average Bonchev–Trinajstić information content (AvgIpc) is 3.21. The lowest BCUT2D eigenvalue weighted by Gasteiger charge is -2.38. The molecule has 1 saturated heterocycles. The Kier molecular flexibility index (Phi) is 3.80. The number of carbonyl (C=O) groups excluding carboxylic acids is 1. The molecule has 0 unspecified atom stereocenters. The van der Waals surface area contributed by atoms with E-state index in [0.29, 0.717) is 19.6 Å². The van der Waals surface area contributed by atoms with E-state index in [2.05, 4.69) is 25.6 Å². The van der Waals surface area contributed by atoms with Gasteiger partial charge in [0.15, 0.2) is 0 Å². The molecule has 3 aromatic rings. The molecular weight excluding hydrogens is 326 g/mol. The van der Waals surface area contributed by atoms with Crippen LogP contribution in [0.3, 0.4) is 0 Å². The number of carbonyl (C=O) groups is 1. The first-order valence-corrected chi connectivity index (χ1v) is 7.74. The Morgan fingerprint density at radius 3 is 2.72 bits per heavy atom. The molecule has 3 aromatic heterocycles. The van der Waals surface area contributed by atoms with Gasteiger partial charge < -0.3 is 4.90 Å². The molecule has 25 heavy (non-hydrogen) atoms. The maximum atomic E-state index is 12.2. The Hall–Kier alpha value is -3.37. The monoisotopic (exact) mass is 341 g/mol. The van der Waals surface area contributed by atoms with E-state index in [-0.39, 0.29) is 24.1 Å². The normalized spacial score (nSPS) is 14.5. The van der Waals surface area contributed by atoms with Gasteiger partial charge in [0.25, 0.3) is 5.56 Å². The first-order chi connectivity index (χ1) is 12.2. The summed E-state index contributed by atoms with van der Waals surface area (Å²) in [4.78, 5) is 27.0. The maximum Gasteiger partial charge on any atom is 0.267 e. The lowest BCUT2D eigenvalue weighted by Crippen LogP contribution is -2.52. The van der Waals surface area contributed by atoms with Gasteiger partial charge in [0.05, 0.1) is 24.6 Å². The van der Waals surface area contributed by atoms with Crippen LogP contribution in [0, 0.1) is 0 Å². The van der Waals surface area contributed by atoms with Crippen LogP contribution in [0.5, 0.6) is 0 Å². The molecule has 0 aromatic carbocycles. The Morgan fingerprint density at radius 2 is 1.96 bits per heavy atom. The van der Waals surface area contributed by atoms with Crippen molar-refractivity contribution in [2.75, 3.05) is 13.1 Å². The van der Waals surface area contributed by atoms with Crippen molar-refractivity contribution in [3.8, 4) is 0 Å². The Labute approximate surface area is 141 Å². The van der Waals surface area contributed by atoms with Crippen molar-refractivity contribution >= 4 is 5.91 Å². The van der Waals surface area contributed by atoms with Crippen LogP contribution in [-0.4, -0.2) is 63.7 Å². The summed E-state index contributed by atoms with van der Waals surface area (Å²) in [6.07, 6.45) is 6.53. The van der Waals surface area contributed by atoms with Crippen molar-refractivity contribution < 1.29 is 4.79 Å². The lowest BCUT2D eigenvalue weighted by molar-refractivity contribution is -0.138. The summed E-state index contributed by atoms with van der Waals surface area (Å²) in [5, 5.41) is 20.1. The van der Waals surface area contributed by atoms with Crippen molar-refractivity contribution in [3.63, 3.8) is 0 Å². The number of amides is 1. The predicted octanol–water partition coefficient (Wildman–Crippen LogP) is -1.44. The number of rotatable bonds is 5. The summed E-state index contributed by atoms with van der Waals surface area (Å²) in [6.45, 7) is 1.46. The zero-order valence-electron chi connectivity index (χ0n) is 13.2. The van der Waals surface area contributed by atoms with E-state index >= 15 is 0 Å². The smallest absolute Gasteiger partial charge is 0.267 e. The number of hydrogen-bond donors (Lipinski definition) is 0. The van der Waals surface area contributed by atoms with Crippen LogP contribution in [0.15, 0.2) is 41.7 Å². The summed E-state index contributed by atoms with van der Waals surface area (Å²) in [5.74, 6) is -0.141. The van der Waals surface area contributed by atoms with Crippen LogP contribution in [0.2, 0.25) is 0 Å². The molecule has 0 N–H and O–H groups in total. The minimum atomic E-state index is -0.291. The molecule has 0 atom stereocenters. The summed E-state index contributed by atoms with van der Waals surface area (Å²) in [5.41, 5.74) is 0.460. The first-order valence-electron chi connectivity index (χ1n) is 7.74. The standard InChI is InChI=1S/C14H15N9O2/c24-13-2-1-3-15-22(13)10-14(25)20-8-12(9-20)21-6-11(18-19-21)7-23-16-4-5-17-23/h1-6,12H,7-10H2. The van der Waals surface area contributed by atoms with Crippen LogP contribution in [-0.2, 0) is 17.9 Å². The van der Waals surface area contributed by atoms with Gasteiger partial charge in [-0.1, -0.05) is 5.21 Å². The van der Waals surface area contributed by atoms with Crippen LogP contribution in [0.25, 0.3) is 0 Å². The molecule has 1 fully saturated rings. The molecule has 128 valence electrons. The molecule has 1 amide bonds. The van der Waals surface area contributed by atoms with Crippen molar-refractivity contribution in [3.05, 3.63) is 53.0 Å². The van der Waals surface area contributed by atoms with Gasteiger partial charge in [-0.05, 0) is 6.07 Å². The van der Waals surface area contributed by atoms with Gasteiger partial charge in [-0.3, -0.25) is 9.59 Å². The van der Waals surface area contributed by atoms with Gasteiger partial charge in [-0.2, -0.15) is 20.1 Å². The second kappa shape index (κ2) is 6.26. The van der Waals surface area contributed by atoms with Gasteiger partial charge in [-0.15, -0.1) is 5.10 Å². The molecule has 11 nitrogen and oxygen atoms in total. The highest BCUT2D eigenvalue weighted by atomic mass is 16.2. The van der Waals surface area contributed by atoms with E-state index in [1.54, 1.807) is 28.0 Å². The minimum Gasteiger partial charge on any atom is -0.337 e. The van der Waals surface area contributed by atoms with Gasteiger partial charge in [-0.25, -0.2) is 9.36 Å². The maximum absolute atomic E-state index is 12.2. The van der Waals surface area contributed by atoms with Crippen LogP contribution >= 0.6 is 0 Å². The SMILES string of the molecule is O=C(Cn1ncccc1=O)N1CC(n2cc(Cn3nccn3)nn2)C1. The van der Waals surface area contributed by atoms with Gasteiger partial charge in [0, 0.05) is 25.4 Å². The van der Waals surface area contributed by atoms with Gasteiger partial charge in [0.1, 0.15) is 18.8 Å². The lowest BCUT2D eigenvalue weighted by atomic mass is 10.1. The zero-order valence-corrected chi connectivity index (χ0v) is 13.2. The third-order valence-electron chi connectivity index (χ3n) is 3.99. The number of likely N-dealkylation sites (tertiary alicyclic amines) is 1. The molecule has 0 saturated carbocycles. The highest BCUT2D eigenvalue weighted by Gasteiger charge is 2.33. The highest BCUT2D eigenvalue weighted by molar-refractivity contribution is 5.76. The Bertz CT molecular complexity index is 924. The minimum absolute atomic E-state index is 0.0556. The van der Waals surface area contributed by atoms with Crippen LogP contribution in [0.4, 0.5) is 0 Å². The fraction of sp³-hybridized carbons (Fsp3) is 0.357. The largest absolute Gasteiger partial charge is 0.337 e. The van der Waals surface area contributed by atoms with E-state index in [4.69, 9.17) is 0 Å². The molecule has 4 heterocycles. The number of hydrogen-bond acceptors (Lipinski definition) is 7. The van der Waals surface area contributed by atoms with E-state index < -0.39 is 0 Å². The molecule has 0 radical (unpaired) electrons. The quantitative estimate of drug-likeness (QED) is 0.558. The third-order valence-corrected chi connectivity index (χ3v) is 3.99. The zero-order chi connectivity index (χ0) is 17.2. The molecule has 11 heteroatoms. The summed E-state index contributed by atoms with van der Waals surface area (Å²) in [6, 6.07) is 3.01. The van der Waals surface area contributed by atoms with Crippen molar-refractivity contribution in [2.24, 2.45) is 0 Å². The summed E-state index contributed by atoms with van der Waals surface area (Å²) < 4.78 is 2.90. The number of nitrogens with zero attached hydrogens (tertiary/aromatic N) is 9. The second-order valence-corrected chi connectivity index (χ2v) is 5.72. The third kappa shape index (κ3) is 3.16. The van der Waals surface area contributed by atoms with Gasteiger partial charge in [0.2, 0.25) is 5.91 Å². The van der Waals surface area contributed by atoms with E-state index in [0.717, 1.165) is 10.4 Å². The number of aromatic nitrogens is 8. The second-order valence-electron chi connectivity index (χ2n) is 5.72. The molecule has 0 aliphatic carbocycles. The highest BCUT2D eigenvalue weighted by Crippen LogP contribution is 2.20. The molecular formula is C14H15N9O2. The van der Waals surface area contributed by atoms with E-state index in [1.165, 1.54) is 17.1 Å². The van der Waals surface area contributed by atoms with Gasteiger partial charge >= 0.3 is 0 Å². The van der Waals surface area contributed by atoms with E-state index in [1.807, 2.05) is 6.20 Å². The molecule has 1 aliphatic rings. The summed E-state index contributed by atoms with van der Waals surface area (Å²) >= 11 is 0. The molecule has 4 rings (SSSR count). The molecule has 0 spiro atoms. The Balaban J connectivity index is 1.33. The van der Waals surface area contributed by atoms with Crippen LogP contribution < -0.4 is 5.56 Å². The van der Waals surface area contributed by atoms with Crippen molar-refractivity contribution in [2.45, 2.75) is 19.1 Å². The first kappa shape index (κ1) is 15.2. The molecule has 0 bridgehead atoms. The molecule has 1 aliphatic heterocycles. The predicted molar refractivity (Wildman–Crippen MR) is 83.3 cm³/mol. The fourth-order valence-corrected chi connectivity index (χ4v) is 2.59. The van der Waals surface area contributed by atoms with Crippen molar-refractivity contribution in [1.82, 2.24) is 44.7 Å². The van der Waals surface area contributed by atoms with E-state index in [9.17, 15) is 9.59 Å². The topological polar surface area (TPSA) is 117 Å². The van der Waals surface area contributed by atoms with Crippen LogP contribution in [0.1, 0.15) is 11.7 Å². The summed E-state index contributed by atoms with van der Waals surface area (Å²) in [7, 11) is 0. The Morgan fingerprint density at radius 1 is 1.16 bits per heavy atom.